The van der Waals surface area contributed by atoms with Gasteiger partial charge >= 0.3 is 5.97 Å². The van der Waals surface area contributed by atoms with E-state index in [2.05, 4.69) is 5.32 Å². The highest BCUT2D eigenvalue weighted by Crippen LogP contribution is 2.30. The Kier molecular flexibility index (Phi) is 5.70. The number of amides is 1. The fourth-order valence-electron chi connectivity index (χ4n) is 2.61. The average Bonchev–Trinajstić information content (AvgIpc) is 3.15. The van der Waals surface area contributed by atoms with Gasteiger partial charge in [0, 0.05) is 10.8 Å². The first kappa shape index (κ1) is 19.5. The normalized spacial score (nSPS) is 10.5. The Morgan fingerprint density at radius 2 is 1.75 bits per heavy atom. The van der Waals surface area contributed by atoms with Gasteiger partial charge in [-0.3, -0.25) is 4.79 Å². The standard InChI is InChI=1S/C20H15F2NO4S/c1-2-27-13-5-3-4-11(6-13)12-7-16(21)18(17(22)8-12)23-19(24)14-9-28-10-15(14)20(25)26/h3-10H,2H2,1H3,(H,23,24)(H,25,26). The Labute approximate surface area is 163 Å². The number of carbonyl (C=O) groups excluding carboxylic acids is 1. The highest BCUT2D eigenvalue weighted by atomic mass is 32.1. The third-order valence-electron chi connectivity index (χ3n) is 3.90. The van der Waals surface area contributed by atoms with Crippen LogP contribution in [0.4, 0.5) is 14.5 Å². The summed E-state index contributed by atoms with van der Waals surface area (Å²) in [6.45, 7) is 2.28. The van der Waals surface area contributed by atoms with Gasteiger partial charge in [-0.1, -0.05) is 12.1 Å². The molecular weight excluding hydrogens is 388 g/mol. The van der Waals surface area contributed by atoms with Gasteiger partial charge in [0.05, 0.1) is 17.7 Å². The summed E-state index contributed by atoms with van der Waals surface area (Å²) in [6.07, 6.45) is 0. The van der Waals surface area contributed by atoms with Gasteiger partial charge in [0.2, 0.25) is 0 Å². The first-order valence-corrected chi connectivity index (χ1v) is 9.18. The van der Waals surface area contributed by atoms with Gasteiger partial charge in [0.15, 0.2) is 0 Å². The minimum absolute atomic E-state index is 0.162. The largest absolute Gasteiger partial charge is 0.494 e. The van der Waals surface area contributed by atoms with Crippen LogP contribution < -0.4 is 10.1 Å². The lowest BCUT2D eigenvalue weighted by atomic mass is 10.0. The number of carboxylic acid groups (broad SMARTS) is 1. The van der Waals surface area contributed by atoms with Gasteiger partial charge in [-0.15, -0.1) is 0 Å². The first-order valence-electron chi connectivity index (χ1n) is 8.23. The molecule has 0 radical (unpaired) electrons. The summed E-state index contributed by atoms with van der Waals surface area (Å²) >= 11 is 1.01. The van der Waals surface area contributed by atoms with Crippen LogP contribution in [-0.4, -0.2) is 23.6 Å². The van der Waals surface area contributed by atoms with Crippen LogP contribution in [0.25, 0.3) is 11.1 Å². The van der Waals surface area contributed by atoms with Gasteiger partial charge in [0.1, 0.15) is 23.1 Å². The van der Waals surface area contributed by atoms with E-state index in [9.17, 15) is 18.4 Å². The topological polar surface area (TPSA) is 75.6 Å². The van der Waals surface area contributed by atoms with Crippen molar-refractivity contribution in [3.05, 3.63) is 69.9 Å². The Morgan fingerprint density at radius 3 is 2.39 bits per heavy atom. The van der Waals surface area contributed by atoms with E-state index in [0.717, 1.165) is 23.5 Å². The number of thiophene rings is 1. The summed E-state index contributed by atoms with van der Waals surface area (Å²) in [5.41, 5.74) is -0.210. The predicted octanol–water partition coefficient (Wildman–Crippen LogP) is 5.04. The maximum Gasteiger partial charge on any atom is 0.337 e. The van der Waals surface area contributed by atoms with Crippen LogP contribution in [0.15, 0.2) is 47.2 Å². The number of hydrogen-bond donors (Lipinski definition) is 2. The summed E-state index contributed by atoms with van der Waals surface area (Å²) in [5.74, 6) is -3.58. The number of ether oxygens (including phenoxy) is 1. The van der Waals surface area contributed by atoms with E-state index < -0.39 is 29.2 Å². The molecule has 0 fully saturated rings. The summed E-state index contributed by atoms with van der Waals surface area (Å²) < 4.78 is 34.4. The number of anilines is 1. The summed E-state index contributed by atoms with van der Waals surface area (Å²) in [7, 11) is 0. The molecule has 0 atom stereocenters. The zero-order chi connectivity index (χ0) is 20.3. The van der Waals surface area contributed by atoms with Crippen LogP contribution in [-0.2, 0) is 0 Å². The summed E-state index contributed by atoms with van der Waals surface area (Å²) in [6, 6.07) is 8.95. The molecule has 5 nitrogen and oxygen atoms in total. The number of nitrogens with one attached hydrogen (secondary N) is 1. The summed E-state index contributed by atoms with van der Waals surface area (Å²) in [5, 5.41) is 13.8. The molecule has 0 aliphatic carbocycles. The first-order chi connectivity index (χ1) is 13.4. The van der Waals surface area contributed by atoms with Crippen LogP contribution >= 0.6 is 11.3 Å². The van der Waals surface area contributed by atoms with Gasteiger partial charge in [0.25, 0.3) is 5.91 Å². The highest BCUT2D eigenvalue weighted by Gasteiger charge is 2.21. The van der Waals surface area contributed by atoms with E-state index in [0.29, 0.717) is 17.9 Å². The molecule has 3 aromatic rings. The van der Waals surface area contributed by atoms with Crippen LogP contribution in [0, 0.1) is 11.6 Å². The van der Waals surface area contributed by atoms with E-state index in [-0.39, 0.29) is 16.7 Å². The van der Waals surface area contributed by atoms with Crippen molar-refractivity contribution >= 4 is 28.9 Å². The lowest BCUT2D eigenvalue weighted by molar-refractivity contribution is 0.0693. The number of carboxylic acids is 1. The molecule has 0 aliphatic heterocycles. The lowest BCUT2D eigenvalue weighted by Gasteiger charge is -2.11. The van der Waals surface area contributed by atoms with Gasteiger partial charge in [-0.25, -0.2) is 13.6 Å². The van der Waals surface area contributed by atoms with Gasteiger partial charge < -0.3 is 15.2 Å². The smallest absolute Gasteiger partial charge is 0.337 e. The lowest BCUT2D eigenvalue weighted by Crippen LogP contribution is -2.16. The molecule has 8 heteroatoms. The minimum Gasteiger partial charge on any atom is -0.494 e. The van der Waals surface area contributed by atoms with E-state index in [1.54, 1.807) is 24.3 Å². The van der Waals surface area contributed by atoms with Crippen molar-refractivity contribution in [1.29, 1.82) is 0 Å². The van der Waals surface area contributed by atoms with E-state index >= 15 is 0 Å². The molecule has 0 spiro atoms. The zero-order valence-corrected chi connectivity index (χ0v) is 15.5. The third kappa shape index (κ3) is 4.01. The number of rotatable bonds is 6. The molecule has 0 aliphatic rings. The van der Waals surface area contributed by atoms with Crippen molar-refractivity contribution in [3.8, 4) is 16.9 Å². The van der Waals surface area contributed by atoms with Crippen molar-refractivity contribution in [3.63, 3.8) is 0 Å². The second kappa shape index (κ2) is 8.18. The van der Waals surface area contributed by atoms with Crippen molar-refractivity contribution in [2.75, 3.05) is 11.9 Å². The number of aromatic carboxylic acids is 1. The predicted molar refractivity (Wildman–Crippen MR) is 102 cm³/mol. The van der Waals surface area contributed by atoms with Crippen LogP contribution in [0.5, 0.6) is 5.75 Å². The van der Waals surface area contributed by atoms with Crippen molar-refractivity contribution < 1.29 is 28.2 Å². The Hall–Kier alpha value is -3.26. The molecule has 0 saturated heterocycles. The van der Waals surface area contributed by atoms with Crippen molar-refractivity contribution in [1.82, 2.24) is 0 Å². The van der Waals surface area contributed by atoms with Gasteiger partial charge in [-0.2, -0.15) is 11.3 Å². The maximum atomic E-state index is 14.5. The molecule has 1 heterocycles. The number of benzene rings is 2. The highest BCUT2D eigenvalue weighted by molar-refractivity contribution is 7.08. The molecule has 1 amide bonds. The maximum absolute atomic E-state index is 14.5. The van der Waals surface area contributed by atoms with Crippen molar-refractivity contribution in [2.24, 2.45) is 0 Å². The molecule has 144 valence electrons. The third-order valence-corrected chi connectivity index (χ3v) is 4.64. The Balaban J connectivity index is 1.90. The number of halogens is 2. The minimum atomic E-state index is -1.29. The average molecular weight is 403 g/mol. The zero-order valence-electron chi connectivity index (χ0n) is 14.7. The Bertz CT molecular complexity index is 1030. The van der Waals surface area contributed by atoms with Crippen LogP contribution in [0.3, 0.4) is 0 Å². The Morgan fingerprint density at radius 1 is 1.07 bits per heavy atom. The SMILES string of the molecule is CCOc1cccc(-c2cc(F)c(NC(=O)c3cscc3C(=O)O)c(F)c2)c1. The molecule has 1 aromatic heterocycles. The molecule has 0 unspecified atom stereocenters. The second-order valence-electron chi connectivity index (χ2n) is 5.73. The van der Waals surface area contributed by atoms with Crippen LogP contribution in [0.2, 0.25) is 0 Å². The quantitative estimate of drug-likeness (QED) is 0.604. The van der Waals surface area contributed by atoms with E-state index in [4.69, 9.17) is 9.84 Å². The number of carbonyl (C=O) groups is 2. The molecule has 0 bridgehead atoms. The molecular formula is C20H15F2NO4S. The fraction of sp³-hybridized carbons (Fsp3) is 0.100. The molecule has 3 rings (SSSR count). The monoisotopic (exact) mass is 403 g/mol. The molecule has 0 saturated carbocycles. The second-order valence-corrected chi connectivity index (χ2v) is 6.48. The van der Waals surface area contributed by atoms with Gasteiger partial charge in [-0.05, 0) is 42.3 Å². The fourth-order valence-corrected chi connectivity index (χ4v) is 3.41. The molecule has 2 aromatic carbocycles. The van der Waals surface area contributed by atoms with Crippen molar-refractivity contribution in [2.45, 2.75) is 6.92 Å². The van der Waals surface area contributed by atoms with E-state index in [1.807, 2.05) is 6.92 Å². The van der Waals surface area contributed by atoms with E-state index in [1.165, 1.54) is 10.8 Å². The van der Waals surface area contributed by atoms with Crippen LogP contribution in [0.1, 0.15) is 27.6 Å². The molecule has 2 N–H and O–H groups in total. The molecule has 28 heavy (non-hydrogen) atoms. The number of hydrogen-bond acceptors (Lipinski definition) is 4. The summed E-state index contributed by atoms with van der Waals surface area (Å²) in [4.78, 5) is 23.4.